The highest BCUT2D eigenvalue weighted by Gasteiger charge is 2.31. The van der Waals surface area contributed by atoms with E-state index in [0.717, 1.165) is 5.75 Å². The van der Waals surface area contributed by atoms with Crippen LogP contribution in [0.2, 0.25) is 0 Å². The molecule has 1 aliphatic heterocycles. The van der Waals surface area contributed by atoms with E-state index in [1.165, 1.54) is 18.9 Å². The number of hydrogen-bond acceptors (Lipinski definition) is 4. The van der Waals surface area contributed by atoms with E-state index < -0.39 is 17.9 Å². The zero-order valence-corrected chi connectivity index (χ0v) is 8.18. The van der Waals surface area contributed by atoms with Crippen molar-refractivity contribution in [3.63, 3.8) is 0 Å². The number of carbonyl (C=O) groups excluding carboxylic acids is 2. The number of hydrogen-bond donors (Lipinski definition) is 1. The minimum atomic E-state index is -1.08. The van der Waals surface area contributed by atoms with Gasteiger partial charge in [0.25, 0.3) is 11.8 Å². The van der Waals surface area contributed by atoms with Gasteiger partial charge in [-0.1, -0.05) is 18.7 Å². The van der Waals surface area contributed by atoms with Gasteiger partial charge in [-0.3, -0.25) is 9.59 Å². The SMILES string of the molecule is CCSC1=NC(=O)C(OC)C(=O)N1. The Hall–Kier alpha value is -0.880. The van der Waals surface area contributed by atoms with Gasteiger partial charge in [-0.25, -0.2) is 0 Å². The zero-order chi connectivity index (χ0) is 9.84. The fourth-order valence-corrected chi connectivity index (χ4v) is 1.48. The standard InChI is InChI=1S/C7H10N2O3S/c1-3-13-7-8-5(10)4(12-2)6(11)9-7/h4H,3H2,1-2H3,(H,8,9,10,11). The molecule has 0 spiro atoms. The largest absolute Gasteiger partial charge is 0.362 e. The maximum Gasteiger partial charge on any atom is 0.286 e. The Morgan fingerprint density at radius 3 is 2.77 bits per heavy atom. The van der Waals surface area contributed by atoms with Crippen molar-refractivity contribution in [2.24, 2.45) is 4.99 Å². The molecule has 0 bridgehead atoms. The van der Waals surface area contributed by atoms with Crippen LogP contribution in [0.25, 0.3) is 0 Å². The summed E-state index contributed by atoms with van der Waals surface area (Å²) in [5, 5.41) is 2.83. The van der Waals surface area contributed by atoms with Crippen molar-refractivity contribution < 1.29 is 14.3 Å². The molecule has 1 atom stereocenters. The van der Waals surface area contributed by atoms with Gasteiger partial charge in [-0.15, -0.1) is 0 Å². The molecule has 2 amide bonds. The average Bonchev–Trinajstić information content (AvgIpc) is 2.04. The predicted octanol–water partition coefficient (Wildman–Crippen LogP) is -0.233. The maximum atomic E-state index is 11.2. The highest BCUT2D eigenvalue weighted by atomic mass is 32.2. The van der Waals surface area contributed by atoms with Crippen LogP contribution < -0.4 is 5.32 Å². The molecule has 0 aromatic rings. The van der Waals surface area contributed by atoms with Crippen LogP contribution in [-0.4, -0.2) is 35.9 Å². The summed E-state index contributed by atoms with van der Waals surface area (Å²) in [5.41, 5.74) is 0. The molecule has 0 radical (unpaired) electrons. The molecule has 5 nitrogen and oxygen atoms in total. The first kappa shape index (κ1) is 10.2. The number of rotatable bonds is 2. The number of thioether (sulfide) groups is 1. The summed E-state index contributed by atoms with van der Waals surface area (Å²) in [4.78, 5) is 26.0. The molecule has 0 aliphatic carbocycles. The number of carbonyl (C=O) groups is 2. The Morgan fingerprint density at radius 2 is 2.31 bits per heavy atom. The molecule has 0 aromatic heterocycles. The molecule has 0 fully saturated rings. The van der Waals surface area contributed by atoms with Crippen LogP contribution in [0.3, 0.4) is 0 Å². The summed E-state index contributed by atoms with van der Waals surface area (Å²) >= 11 is 1.31. The molecule has 0 aromatic carbocycles. The molecule has 1 N–H and O–H groups in total. The Morgan fingerprint density at radius 1 is 1.62 bits per heavy atom. The Balaban J connectivity index is 2.75. The first-order valence-electron chi connectivity index (χ1n) is 3.78. The number of amides is 2. The van der Waals surface area contributed by atoms with Crippen LogP contribution in [0.1, 0.15) is 6.92 Å². The van der Waals surface area contributed by atoms with Gasteiger partial charge in [0, 0.05) is 7.11 Å². The second kappa shape index (κ2) is 4.38. The number of nitrogens with one attached hydrogen (secondary N) is 1. The van der Waals surface area contributed by atoms with Crippen molar-refractivity contribution in [2.75, 3.05) is 12.9 Å². The second-order valence-electron chi connectivity index (χ2n) is 2.29. The fourth-order valence-electron chi connectivity index (χ4n) is 0.883. The van der Waals surface area contributed by atoms with Crippen molar-refractivity contribution in [2.45, 2.75) is 13.0 Å². The van der Waals surface area contributed by atoms with Gasteiger partial charge >= 0.3 is 0 Å². The van der Waals surface area contributed by atoms with Crippen LogP contribution in [0.15, 0.2) is 4.99 Å². The van der Waals surface area contributed by atoms with Gasteiger partial charge in [-0.2, -0.15) is 4.99 Å². The van der Waals surface area contributed by atoms with E-state index in [9.17, 15) is 9.59 Å². The van der Waals surface area contributed by atoms with Crippen molar-refractivity contribution in [3.05, 3.63) is 0 Å². The molecule has 1 unspecified atom stereocenters. The molecular formula is C7H10N2O3S. The maximum absolute atomic E-state index is 11.2. The summed E-state index contributed by atoms with van der Waals surface area (Å²) in [6.07, 6.45) is -1.08. The molecule has 0 saturated heterocycles. The van der Waals surface area contributed by atoms with E-state index in [0.29, 0.717) is 5.17 Å². The summed E-state index contributed by atoms with van der Waals surface area (Å²) in [7, 11) is 1.30. The molecule has 6 heteroatoms. The molecule has 13 heavy (non-hydrogen) atoms. The molecule has 1 heterocycles. The van der Waals surface area contributed by atoms with Gasteiger partial charge in [-0.05, 0) is 5.75 Å². The lowest BCUT2D eigenvalue weighted by atomic mass is 10.3. The summed E-state index contributed by atoms with van der Waals surface area (Å²) in [6.45, 7) is 1.91. The number of ether oxygens (including phenoxy) is 1. The van der Waals surface area contributed by atoms with Crippen LogP contribution in [-0.2, 0) is 14.3 Å². The number of amidine groups is 1. The highest BCUT2D eigenvalue weighted by Crippen LogP contribution is 2.08. The third-order valence-electron chi connectivity index (χ3n) is 1.42. The minimum absolute atomic E-state index is 0.353. The number of methoxy groups -OCH3 is 1. The van der Waals surface area contributed by atoms with E-state index in [1.807, 2.05) is 6.92 Å². The lowest BCUT2D eigenvalue weighted by Crippen LogP contribution is -2.47. The van der Waals surface area contributed by atoms with Crippen molar-refractivity contribution in [3.8, 4) is 0 Å². The summed E-state index contributed by atoms with van der Waals surface area (Å²) in [6, 6.07) is 0. The predicted molar refractivity (Wildman–Crippen MR) is 49.5 cm³/mol. The van der Waals surface area contributed by atoms with Crippen molar-refractivity contribution in [1.29, 1.82) is 0 Å². The van der Waals surface area contributed by atoms with Crippen LogP contribution in [0.5, 0.6) is 0 Å². The lowest BCUT2D eigenvalue weighted by Gasteiger charge is -2.17. The zero-order valence-electron chi connectivity index (χ0n) is 7.36. The van der Waals surface area contributed by atoms with Gasteiger partial charge in [0.1, 0.15) is 0 Å². The minimum Gasteiger partial charge on any atom is -0.362 e. The molecular weight excluding hydrogens is 192 g/mol. The molecule has 72 valence electrons. The average molecular weight is 202 g/mol. The van der Waals surface area contributed by atoms with E-state index in [-0.39, 0.29) is 0 Å². The van der Waals surface area contributed by atoms with Gasteiger partial charge in [0.2, 0.25) is 6.10 Å². The monoisotopic (exact) mass is 202 g/mol. The van der Waals surface area contributed by atoms with Gasteiger partial charge in [0.05, 0.1) is 0 Å². The third-order valence-corrected chi connectivity index (χ3v) is 2.18. The summed E-state index contributed by atoms with van der Waals surface area (Å²) < 4.78 is 4.66. The number of aliphatic imine (C=N–C) groups is 1. The fraction of sp³-hybridized carbons (Fsp3) is 0.571. The quantitative estimate of drug-likeness (QED) is 0.628. The van der Waals surface area contributed by atoms with E-state index in [1.54, 1.807) is 0 Å². The topological polar surface area (TPSA) is 67.8 Å². The van der Waals surface area contributed by atoms with Crippen molar-refractivity contribution in [1.82, 2.24) is 5.32 Å². The van der Waals surface area contributed by atoms with Crippen molar-refractivity contribution >= 4 is 28.7 Å². The van der Waals surface area contributed by atoms with E-state index in [2.05, 4.69) is 15.0 Å². The second-order valence-corrected chi connectivity index (χ2v) is 3.55. The van der Waals surface area contributed by atoms with Crippen LogP contribution in [0.4, 0.5) is 0 Å². The van der Waals surface area contributed by atoms with E-state index in [4.69, 9.17) is 0 Å². The molecule has 0 saturated carbocycles. The van der Waals surface area contributed by atoms with Crippen LogP contribution in [0, 0.1) is 0 Å². The molecule has 1 rings (SSSR count). The third kappa shape index (κ3) is 2.28. The Labute approximate surface area is 79.9 Å². The van der Waals surface area contributed by atoms with E-state index >= 15 is 0 Å². The molecule has 1 aliphatic rings. The van der Waals surface area contributed by atoms with Crippen LogP contribution >= 0.6 is 11.8 Å². The first-order chi connectivity index (χ1) is 6.19. The number of nitrogens with zero attached hydrogens (tertiary/aromatic N) is 1. The normalized spacial score (nSPS) is 22.6. The smallest absolute Gasteiger partial charge is 0.286 e. The first-order valence-corrected chi connectivity index (χ1v) is 4.76. The summed E-state index contributed by atoms with van der Waals surface area (Å²) in [5.74, 6) is -0.231. The van der Waals surface area contributed by atoms with Gasteiger partial charge in [0.15, 0.2) is 5.17 Å². The highest BCUT2D eigenvalue weighted by molar-refractivity contribution is 8.13. The lowest BCUT2D eigenvalue weighted by molar-refractivity contribution is -0.141. The van der Waals surface area contributed by atoms with Gasteiger partial charge < -0.3 is 10.1 Å². The Bertz CT molecular complexity index is 264. The Kier molecular flexibility index (Phi) is 3.44.